The molecule has 1 aliphatic carbocycles. The lowest BCUT2D eigenvalue weighted by Gasteiger charge is -2.30. The molecule has 1 fully saturated rings. The van der Waals surface area contributed by atoms with Crippen molar-refractivity contribution >= 4 is 6.09 Å². The minimum absolute atomic E-state index is 0.00670. The highest BCUT2D eigenvalue weighted by Crippen LogP contribution is 2.28. The molecule has 1 aromatic heterocycles. The first-order chi connectivity index (χ1) is 16.1. The number of aromatic nitrogens is 2. The van der Waals surface area contributed by atoms with Crippen molar-refractivity contribution in [1.82, 2.24) is 14.5 Å². The topological polar surface area (TPSA) is 64.4 Å². The van der Waals surface area contributed by atoms with Crippen LogP contribution in [0.25, 0.3) is 0 Å². The summed E-state index contributed by atoms with van der Waals surface area (Å²) in [4.78, 5) is 33.1. The van der Waals surface area contributed by atoms with Crippen molar-refractivity contribution in [3.8, 4) is 0 Å². The molecule has 3 aromatic rings. The fourth-order valence-electron chi connectivity index (χ4n) is 5.05. The van der Waals surface area contributed by atoms with Gasteiger partial charge in [-0.1, -0.05) is 60.7 Å². The van der Waals surface area contributed by atoms with Gasteiger partial charge in [0.15, 0.2) is 0 Å². The molecule has 6 heteroatoms. The Bertz CT molecular complexity index is 1140. The number of benzene rings is 2. The number of hydrogen-bond acceptors (Lipinski definition) is 4. The Balaban J connectivity index is 1.53. The third kappa shape index (κ3) is 4.30. The number of nitrogens with zero attached hydrogens (tertiary/aromatic N) is 3. The minimum Gasteiger partial charge on any atom is -0.446 e. The van der Waals surface area contributed by atoms with Crippen LogP contribution in [0.2, 0.25) is 0 Å². The lowest BCUT2D eigenvalue weighted by molar-refractivity contribution is 0.0614. The van der Waals surface area contributed by atoms with E-state index in [1.807, 2.05) is 67.6 Å². The van der Waals surface area contributed by atoms with Crippen LogP contribution in [0.5, 0.6) is 0 Å². The van der Waals surface area contributed by atoms with E-state index < -0.39 is 0 Å². The van der Waals surface area contributed by atoms with Gasteiger partial charge in [0.2, 0.25) is 0 Å². The van der Waals surface area contributed by atoms with Gasteiger partial charge in [0.25, 0.3) is 5.56 Å². The van der Waals surface area contributed by atoms with Crippen molar-refractivity contribution in [2.75, 3.05) is 6.54 Å². The Morgan fingerprint density at radius 2 is 1.61 bits per heavy atom. The van der Waals surface area contributed by atoms with Gasteiger partial charge in [-0.25, -0.2) is 9.78 Å². The van der Waals surface area contributed by atoms with Crippen LogP contribution in [0, 0.1) is 6.92 Å². The lowest BCUT2D eigenvalue weighted by atomic mass is 9.97. The molecule has 1 amide bonds. The highest BCUT2D eigenvalue weighted by Gasteiger charge is 2.30. The molecule has 1 aliphatic heterocycles. The average molecular weight is 444 g/mol. The molecule has 0 bridgehead atoms. The quantitative estimate of drug-likeness (QED) is 0.590. The second kappa shape index (κ2) is 9.22. The molecule has 0 unspecified atom stereocenters. The van der Waals surface area contributed by atoms with Gasteiger partial charge in [-0.05, 0) is 43.7 Å². The van der Waals surface area contributed by atoms with Crippen LogP contribution in [-0.2, 0) is 17.7 Å². The minimum atomic E-state index is -0.318. The van der Waals surface area contributed by atoms with Gasteiger partial charge in [-0.2, -0.15) is 0 Å². The maximum atomic E-state index is 13.9. The van der Waals surface area contributed by atoms with Crippen molar-refractivity contribution in [2.45, 2.75) is 57.7 Å². The molecular formula is C27H29N3O3. The van der Waals surface area contributed by atoms with E-state index >= 15 is 0 Å². The molecule has 0 spiro atoms. The van der Waals surface area contributed by atoms with Crippen LogP contribution in [0.4, 0.5) is 4.79 Å². The third-order valence-corrected chi connectivity index (χ3v) is 6.75. The van der Waals surface area contributed by atoms with Crippen LogP contribution >= 0.6 is 0 Å². The smallest absolute Gasteiger partial charge is 0.410 e. The van der Waals surface area contributed by atoms with Gasteiger partial charge in [-0.15, -0.1) is 0 Å². The summed E-state index contributed by atoms with van der Waals surface area (Å²) >= 11 is 0. The number of hydrogen-bond donors (Lipinski definition) is 0. The fraction of sp³-hybridized carbons (Fsp3) is 0.370. The largest absolute Gasteiger partial charge is 0.446 e. The highest BCUT2D eigenvalue weighted by molar-refractivity contribution is 5.68. The number of ether oxygens (including phenoxy) is 1. The maximum absolute atomic E-state index is 13.9. The molecule has 170 valence electrons. The summed E-state index contributed by atoms with van der Waals surface area (Å²) in [6.07, 6.45) is 4.32. The van der Waals surface area contributed by atoms with E-state index in [0.717, 1.165) is 42.5 Å². The Morgan fingerprint density at radius 3 is 2.21 bits per heavy atom. The van der Waals surface area contributed by atoms with Gasteiger partial charge in [0.1, 0.15) is 11.9 Å². The van der Waals surface area contributed by atoms with E-state index in [1.54, 1.807) is 9.47 Å². The molecular weight excluding hydrogens is 414 g/mol. The molecule has 0 N–H and O–H groups in total. The standard InChI is InChI=1S/C27H29N3O3/c1-19-28-24-16-17-29(27(32)33-22-14-8-9-15-22)18-23(24)26(31)30(19)25(20-10-4-2-5-11-20)21-12-6-3-7-13-21/h2-7,10-13,22,25H,8-9,14-18H2,1H3. The summed E-state index contributed by atoms with van der Waals surface area (Å²) < 4.78 is 7.48. The van der Waals surface area contributed by atoms with Crippen LogP contribution < -0.4 is 5.56 Å². The first kappa shape index (κ1) is 21.4. The van der Waals surface area contributed by atoms with Crippen LogP contribution in [-0.4, -0.2) is 33.2 Å². The van der Waals surface area contributed by atoms with E-state index in [9.17, 15) is 9.59 Å². The number of fused-ring (bicyclic) bond motifs is 1. The summed E-state index contributed by atoms with van der Waals surface area (Å²) in [7, 11) is 0. The Hall–Kier alpha value is -3.41. The molecule has 33 heavy (non-hydrogen) atoms. The lowest BCUT2D eigenvalue weighted by Crippen LogP contribution is -2.43. The second-order valence-corrected chi connectivity index (χ2v) is 8.95. The Labute approximate surface area is 193 Å². The molecule has 2 aliphatic rings. The third-order valence-electron chi connectivity index (χ3n) is 6.75. The number of carbonyl (C=O) groups is 1. The zero-order valence-electron chi connectivity index (χ0n) is 18.9. The number of rotatable bonds is 4. The van der Waals surface area contributed by atoms with E-state index in [2.05, 4.69) is 0 Å². The van der Waals surface area contributed by atoms with Gasteiger partial charge in [0, 0.05) is 13.0 Å². The van der Waals surface area contributed by atoms with Gasteiger partial charge >= 0.3 is 6.09 Å². The summed E-state index contributed by atoms with van der Waals surface area (Å²) in [6.45, 7) is 2.65. The summed E-state index contributed by atoms with van der Waals surface area (Å²) in [5, 5.41) is 0. The number of carbonyl (C=O) groups excluding carboxylic acids is 1. The van der Waals surface area contributed by atoms with Crippen LogP contribution in [0.15, 0.2) is 65.5 Å². The van der Waals surface area contributed by atoms with E-state index in [1.165, 1.54) is 0 Å². The Morgan fingerprint density at radius 1 is 1.00 bits per heavy atom. The van der Waals surface area contributed by atoms with Crippen molar-refractivity contribution in [1.29, 1.82) is 0 Å². The van der Waals surface area contributed by atoms with Crippen LogP contribution in [0.3, 0.4) is 0 Å². The van der Waals surface area contributed by atoms with Crippen LogP contribution in [0.1, 0.15) is 59.9 Å². The second-order valence-electron chi connectivity index (χ2n) is 8.95. The maximum Gasteiger partial charge on any atom is 0.410 e. The van der Waals surface area contributed by atoms with Crippen molar-refractivity contribution in [3.05, 3.63) is 99.2 Å². The van der Waals surface area contributed by atoms with Crippen molar-refractivity contribution in [3.63, 3.8) is 0 Å². The normalized spacial score (nSPS) is 16.1. The molecule has 5 rings (SSSR count). The zero-order valence-corrected chi connectivity index (χ0v) is 18.9. The van der Waals surface area contributed by atoms with Crippen molar-refractivity contribution in [2.24, 2.45) is 0 Å². The fourth-order valence-corrected chi connectivity index (χ4v) is 5.05. The number of aryl methyl sites for hydroxylation is 1. The van der Waals surface area contributed by atoms with E-state index in [4.69, 9.17) is 9.72 Å². The van der Waals surface area contributed by atoms with Gasteiger partial charge in [-0.3, -0.25) is 9.36 Å². The molecule has 0 saturated heterocycles. The zero-order chi connectivity index (χ0) is 22.8. The molecule has 2 heterocycles. The van der Waals surface area contributed by atoms with E-state index in [-0.39, 0.29) is 30.3 Å². The SMILES string of the molecule is Cc1nc2c(c(=O)n1C(c1ccccc1)c1ccccc1)CN(C(=O)OC1CCCC1)CC2. The molecule has 1 saturated carbocycles. The van der Waals surface area contributed by atoms with Crippen molar-refractivity contribution < 1.29 is 9.53 Å². The summed E-state index contributed by atoms with van der Waals surface area (Å²) in [5.41, 5.74) is 3.33. The first-order valence-corrected chi connectivity index (χ1v) is 11.8. The highest BCUT2D eigenvalue weighted by atomic mass is 16.6. The predicted octanol–water partition coefficient (Wildman–Crippen LogP) is 4.63. The summed E-state index contributed by atoms with van der Waals surface area (Å²) in [6, 6.07) is 19.7. The first-order valence-electron chi connectivity index (χ1n) is 11.8. The Kier molecular flexibility index (Phi) is 5.99. The molecule has 0 radical (unpaired) electrons. The monoisotopic (exact) mass is 443 g/mol. The van der Waals surface area contributed by atoms with Gasteiger partial charge < -0.3 is 9.64 Å². The average Bonchev–Trinajstić information content (AvgIpc) is 3.35. The molecule has 0 atom stereocenters. The number of amides is 1. The molecule has 2 aromatic carbocycles. The van der Waals surface area contributed by atoms with E-state index in [0.29, 0.717) is 24.4 Å². The summed E-state index contributed by atoms with van der Waals surface area (Å²) in [5.74, 6) is 0.679. The predicted molar refractivity (Wildman–Crippen MR) is 126 cm³/mol. The molecule has 6 nitrogen and oxygen atoms in total. The van der Waals surface area contributed by atoms with Gasteiger partial charge in [0.05, 0.1) is 23.8 Å².